The molecule has 0 saturated heterocycles. The van der Waals surface area contributed by atoms with Gasteiger partial charge in [-0.2, -0.15) is 0 Å². The number of aliphatic carboxylic acids is 1. The second-order valence-corrected chi connectivity index (χ2v) is 8.27. The Morgan fingerprint density at radius 2 is 1.73 bits per heavy atom. The third-order valence-corrected chi connectivity index (χ3v) is 5.89. The van der Waals surface area contributed by atoms with Crippen LogP contribution in [0.15, 0.2) is 54.6 Å². The van der Waals surface area contributed by atoms with E-state index in [1.54, 1.807) is 33.0 Å². The third-order valence-electron chi connectivity index (χ3n) is 5.89. The number of anilines is 1. The lowest BCUT2D eigenvalue weighted by Gasteiger charge is -2.39. The van der Waals surface area contributed by atoms with Crippen LogP contribution in [0.5, 0.6) is 6.01 Å². The molecular weight excluding hydrogens is 420 g/mol. The predicted molar refractivity (Wildman–Crippen MR) is 123 cm³/mol. The zero-order chi connectivity index (χ0) is 23.8. The van der Waals surface area contributed by atoms with E-state index in [2.05, 4.69) is 15.3 Å². The molecule has 3 aromatic rings. The van der Waals surface area contributed by atoms with Crippen LogP contribution in [-0.2, 0) is 15.1 Å². The highest BCUT2D eigenvalue weighted by Gasteiger charge is 2.51. The molecule has 4 rings (SSSR count). The second kappa shape index (κ2) is 8.63. The molecule has 0 aliphatic carbocycles. The van der Waals surface area contributed by atoms with Crippen LogP contribution in [0, 0.1) is 20.8 Å². The number of likely N-dealkylation sites (N-methyl/N-ethyl adjacent to an activating group) is 1. The van der Waals surface area contributed by atoms with Gasteiger partial charge >= 0.3 is 12.0 Å². The van der Waals surface area contributed by atoms with Crippen LogP contribution in [0.25, 0.3) is 0 Å². The minimum absolute atomic E-state index is 0.0328. The van der Waals surface area contributed by atoms with Crippen molar-refractivity contribution in [1.82, 2.24) is 15.3 Å². The molecule has 0 saturated carbocycles. The number of carboxylic acids is 1. The van der Waals surface area contributed by atoms with Crippen LogP contribution < -0.4 is 15.0 Å². The molecule has 0 radical (unpaired) electrons. The maximum absolute atomic E-state index is 12.8. The molecule has 0 unspecified atom stereocenters. The van der Waals surface area contributed by atoms with Gasteiger partial charge in [0.2, 0.25) is 12.0 Å². The Bertz CT molecular complexity index is 1190. The van der Waals surface area contributed by atoms with Gasteiger partial charge in [0.15, 0.2) is 0 Å². The minimum atomic E-state index is -1.47. The average molecular weight is 447 g/mol. The van der Waals surface area contributed by atoms with Crippen molar-refractivity contribution in [3.63, 3.8) is 0 Å². The molecule has 0 bridgehead atoms. The fourth-order valence-electron chi connectivity index (χ4n) is 4.30. The van der Waals surface area contributed by atoms with Crippen LogP contribution in [0.2, 0.25) is 0 Å². The highest BCUT2D eigenvalue weighted by Crippen LogP contribution is 2.41. The monoisotopic (exact) mass is 446 g/mol. The number of hydrogen-bond donors (Lipinski definition) is 2. The molecule has 2 atom stereocenters. The Balaban J connectivity index is 2.00. The van der Waals surface area contributed by atoms with Crippen molar-refractivity contribution < 1.29 is 19.4 Å². The van der Waals surface area contributed by atoms with Crippen molar-refractivity contribution in [2.24, 2.45) is 0 Å². The molecular formula is C25H26N4O4. The van der Waals surface area contributed by atoms with Gasteiger partial charge in [-0.3, -0.25) is 10.1 Å². The molecule has 1 aromatic heterocycles. The van der Waals surface area contributed by atoms with Crippen molar-refractivity contribution in [2.75, 3.05) is 18.5 Å². The van der Waals surface area contributed by atoms with Crippen LogP contribution >= 0.6 is 0 Å². The Kier molecular flexibility index (Phi) is 5.86. The fourth-order valence-corrected chi connectivity index (χ4v) is 4.30. The summed E-state index contributed by atoms with van der Waals surface area (Å²) in [5.41, 5.74) is 2.82. The van der Waals surface area contributed by atoms with Gasteiger partial charge in [0.25, 0.3) is 0 Å². The number of para-hydroxylation sites is 1. The number of aromatic nitrogens is 2. The van der Waals surface area contributed by atoms with Gasteiger partial charge in [-0.25, -0.2) is 14.8 Å². The zero-order valence-corrected chi connectivity index (χ0v) is 19.0. The summed E-state index contributed by atoms with van der Waals surface area (Å²) in [6.07, 6.45) is -1.47. The lowest BCUT2D eigenvalue weighted by molar-refractivity contribution is -0.149. The molecule has 33 heavy (non-hydrogen) atoms. The third kappa shape index (κ3) is 4.05. The van der Waals surface area contributed by atoms with Gasteiger partial charge in [0.05, 0.1) is 6.54 Å². The lowest BCUT2D eigenvalue weighted by Crippen LogP contribution is -2.58. The van der Waals surface area contributed by atoms with Crippen molar-refractivity contribution in [3.05, 3.63) is 82.7 Å². The number of ether oxygens (including phenoxy) is 1. The molecule has 8 nitrogen and oxygen atoms in total. The maximum atomic E-state index is 12.8. The molecule has 2 N–H and O–H groups in total. The molecule has 2 heterocycles. The minimum Gasteiger partial charge on any atom is -0.478 e. The van der Waals surface area contributed by atoms with Gasteiger partial charge in [-0.05, 0) is 38.5 Å². The summed E-state index contributed by atoms with van der Waals surface area (Å²) in [6.45, 7) is 5.45. The number of aryl methyl sites for hydroxylation is 3. The number of nitrogens with one attached hydrogen (secondary N) is 1. The number of carboxylic acid groups (broad SMARTS) is 1. The molecule has 0 fully saturated rings. The van der Waals surface area contributed by atoms with Gasteiger partial charge in [-0.1, -0.05) is 48.0 Å². The van der Waals surface area contributed by atoms with E-state index in [9.17, 15) is 14.7 Å². The topological polar surface area (TPSA) is 105 Å². The van der Waals surface area contributed by atoms with Crippen LogP contribution in [0.3, 0.4) is 0 Å². The summed E-state index contributed by atoms with van der Waals surface area (Å²) in [5.74, 6) is -1.40. The van der Waals surface area contributed by atoms with Crippen LogP contribution in [-0.4, -0.2) is 46.6 Å². The standard InChI is InChI=1S/C25H26N4O4/c1-15-9-11-18(12-10-15)25(19-7-5-6-8-20(19)29(4)21(30)14-26-25)22(23(31)32)33-24-27-16(2)13-17(3)28-24/h5-13,22,26H,14H2,1-4H3,(H,31,32)/t22-,25+/m1/s1. The van der Waals surface area contributed by atoms with E-state index in [1.165, 1.54) is 4.90 Å². The second-order valence-electron chi connectivity index (χ2n) is 8.27. The summed E-state index contributed by atoms with van der Waals surface area (Å²) in [4.78, 5) is 35.8. The van der Waals surface area contributed by atoms with E-state index in [1.807, 2.05) is 49.4 Å². The number of carbonyl (C=O) groups excluding carboxylic acids is 1. The zero-order valence-electron chi connectivity index (χ0n) is 19.0. The Labute approximate surface area is 192 Å². The Morgan fingerprint density at radius 1 is 1.09 bits per heavy atom. The summed E-state index contributed by atoms with van der Waals surface area (Å²) >= 11 is 0. The number of rotatable bonds is 5. The van der Waals surface area contributed by atoms with Gasteiger partial charge in [-0.15, -0.1) is 0 Å². The molecule has 2 aromatic carbocycles. The Morgan fingerprint density at radius 3 is 2.36 bits per heavy atom. The fraction of sp³-hybridized carbons (Fsp3) is 0.280. The Hall–Kier alpha value is -3.78. The SMILES string of the molecule is Cc1ccc([C@]2([C@H](Oc3nc(C)cc(C)n3)C(=O)O)NCC(=O)N(C)c3ccccc32)cc1. The first-order valence-corrected chi connectivity index (χ1v) is 10.6. The lowest BCUT2D eigenvalue weighted by atomic mass is 9.77. The number of amides is 1. The molecule has 8 heteroatoms. The van der Waals surface area contributed by atoms with Crippen LogP contribution in [0.1, 0.15) is 28.1 Å². The smallest absolute Gasteiger partial charge is 0.347 e. The predicted octanol–water partition coefficient (Wildman–Crippen LogP) is 2.74. The van der Waals surface area contributed by atoms with Crippen LogP contribution in [0.4, 0.5) is 5.69 Å². The molecule has 1 aliphatic heterocycles. The van der Waals surface area contributed by atoms with Crippen molar-refractivity contribution in [2.45, 2.75) is 32.4 Å². The molecule has 1 aliphatic rings. The average Bonchev–Trinajstić information content (AvgIpc) is 2.88. The van der Waals surface area contributed by atoms with E-state index in [4.69, 9.17) is 4.74 Å². The summed E-state index contributed by atoms with van der Waals surface area (Å²) < 4.78 is 6.03. The van der Waals surface area contributed by atoms with E-state index in [-0.39, 0.29) is 18.5 Å². The van der Waals surface area contributed by atoms with E-state index >= 15 is 0 Å². The number of nitrogens with zero attached hydrogens (tertiary/aromatic N) is 3. The van der Waals surface area contributed by atoms with Crippen molar-refractivity contribution >= 4 is 17.6 Å². The van der Waals surface area contributed by atoms with E-state index in [0.717, 1.165) is 5.56 Å². The number of hydrogen-bond acceptors (Lipinski definition) is 6. The van der Waals surface area contributed by atoms with E-state index in [0.29, 0.717) is 28.2 Å². The highest BCUT2D eigenvalue weighted by atomic mass is 16.5. The summed E-state index contributed by atoms with van der Waals surface area (Å²) in [7, 11) is 1.68. The van der Waals surface area contributed by atoms with Gasteiger partial charge < -0.3 is 14.7 Å². The summed E-state index contributed by atoms with van der Waals surface area (Å²) in [5, 5.41) is 13.7. The first-order chi connectivity index (χ1) is 15.7. The molecule has 0 spiro atoms. The highest BCUT2D eigenvalue weighted by molar-refractivity contribution is 5.97. The largest absolute Gasteiger partial charge is 0.478 e. The number of carbonyl (C=O) groups is 2. The molecule has 170 valence electrons. The summed E-state index contributed by atoms with van der Waals surface area (Å²) in [6, 6.07) is 16.5. The number of benzene rings is 2. The van der Waals surface area contributed by atoms with Crippen molar-refractivity contribution in [3.8, 4) is 6.01 Å². The maximum Gasteiger partial charge on any atom is 0.347 e. The van der Waals surface area contributed by atoms with Gasteiger partial charge in [0.1, 0.15) is 5.54 Å². The van der Waals surface area contributed by atoms with E-state index < -0.39 is 17.6 Å². The normalized spacial score (nSPS) is 18.9. The van der Waals surface area contributed by atoms with Gasteiger partial charge in [0, 0.05) is 29.7 Å². The quantitative estimate of drug-likeness (QED) is 0.621. The number of fused-ring (bicyclic) bond motifs is 1. The molecule has 1 amide bonds. The first-order valence-electron chi connectivity index (χ1n) is 10.6. The first kappa shape index (κ1) is 22.4. The van der Waals surface area contributed by atoms with Crippen molar-refractivity contribution in [1.29, 1.82) is 0 Å².